The van der Waals surface area contributed by atoms with Crippen molar-refractivity contribution in [2.45, 2.75) is 50.0 Å². The first-order valence-electron chi connectivity index (χ1n) is 9.28. The fourth-order valence-corrected chi connectivity index (χ4v) is 5.07. The van der Waals surface area contributed by atoms with Crippen molar-refractivity contribution >= 4 is 21.6 Å². The number of sulfonamides is 1. The van der Waals surface area contributed by atoms with Gasteiger partial charge in [0.05, 0.1) is 0 Å². The third-order valence-corrected chi connectivity index (χ3v) is 6.89. The van der Waals surface area contributed by atoms with Gasteiger partial charge < -0.3 is 5.32 Å². The molecule has 0 aliphatic carbocycles. The van der Waals surface area contributed by atoms with Crippen LogP contribution in [0.4, 0.5) is 10.1 Å². The molecular formula is C21H25FN2O3S. The van der Waals surface area contributed by atoms with Crippen LogP contribution < -0.4 is 5.32 Å². The van der Waals surface area contributed by atoms with Gasteiger partial charge in [-0.15, -0.1) is 0 Å². The number of hydrogen-bond donors (Lipinski definition) is 1. The maximum atomic E-state index is 14.0. The summed E-state index contributed by atoms with van der Waals surface area (Å²) in [5.41, 5.74) is 1.74. The van der Waals surface area contributed by atoms with Gasteiger partial charge in [0.2, 0.25) is 15.9 Å². The Balaban J connectivity index is 1.79. The van der Waals surface area contributed by atoms with Crippen molar-refractivity contribution in [1.82, 2.24) is 4.31 Å². The number of amides is 1. The highest BCUT2D eigenvalue weighted by Crippen LogP contribution is 2.29. The molecule has 1 saturated heterocycles. The number of nitrogens with one attached hydrogen (secondary N) is 1. The number of halogens is 1. The zero-order chi connectivity index (χ0) is 20.5. The van der Waals surface area contributed by atoms with Gasteiger partial charge in [-0.05, 0) is 48.1 Å². The third kappa shape index (κ3) is 4.10. The second-order valence-electron chi connectivity index (χ2n) is 8.02. The molecule has 1 N–H and O–H groups in total. The number of benzene rings is 2. The molecule has 0 saturated carbocycles. The molecule has 1 amide bonds. The predicted octanol–water partition coefficient (Wildman–Crippen LogP) is 3.92. The Hall–Kier alpha value is -2.25. The van der Waals surface area contributed by atoms with Gasteiger partial charge in [-0.2, -0.15) is 4.31 Å². The lowest BCUT2D eigenvalue weighted by atomic mass is 9.87. The first-order valence-corrected chi connectivity index (χ1v) is 10.7. The first kappa shape index (κ1) is 20.5. The average molecular weight is 405 g/mol. The van der Waals surface area contributed by atoms with Gasteiger partial charge in [-0.3, -0.25) is 4.79 Å². The van der Waals surface area contributed by atoms with E-state index in [9.17, 15) is 17.6 Å². The standard InChI is InChI=1S/C21H25FN2O3S/c1-21(2,3)15-10-12-16(13-11-15)23-20(25)18-8-6-14-24(18)28(26,27)19-9-5-4-7-17(19)22/h4-5,7,9-13,18H,6,8,14H2,1-3H3,(H,23,25)/t18-/m0/s1. The van der Waals surface area contributed by atoms with Gasteiger partial charge in [-0.1, -0.05) is 45.0 Å². The summed E-state index contributed by atoms with van der Waals surface area (Å²) in [6, 6.07) is 11.9. The number of carbonyl (C=O) groups is 1. The number of carbonyl (C=O) groups excluding carboxylic acids is 1. The van der Waals surface area contributed by atoms with Crippen LogP contribution in [0.15, 0.2) is 53.4 Å². The molecule has 1 atom stereocenters. The molecule has 1 aliphatic rings. The van der Waals surface area contributed by atoms with Crippen LogP contribution in [0.2, 0.25) is 0 Å². The van der Waals surface area contributed by atoms with Crippen LogP contribution in [0.5, 0.6) is 0 Å². The number of nitrogens with zero attached hydrogens (tertiary/aromatic N) is 1. The van der Waals surface area contributed by atoms with Crippen LogP contribution >= 0.6 is 0 Å². The van der Waals surface area contributed by atoms with Crippen LogP contribution in [0.1, 0.15) is 39.2 Å². The Labute approximate surface area is 165 Å². The molecule has 5 nitrogen and oxygen atoms in total. The summed E-state index contributed by atoms with van der Waals surface area (Å²) in [5, 5.41) is 2.79. The van der Waals surface area contributed by atoms with E-state index in [4.69, 9.17) is 0 Å². The Kier molecular flexibility index (Phi) is 5.59. The van der Waals surface area contributed by atoms with Crippen molar-refractivity contribution < 1.29 is 17.6 Å². The molecule has 7 heteroatoms. The molecule has 28 heavy (non-hydrogen) atoms. The van der Waals surface area contributed by atoms with Crippen molar-refractivity contribution in [2.75, 3.05) is 11.9 Å². The van der Waals surface area contributed by atoms with Crippen molar-refractivity contribution in [2.24, 2.45) is 0 Å². The number of rotatable bonds is 4. The van der Waals surface area contributed by atoms with E-state index in [0.29, 0.717) is 18.5 Å². The van der Waals surface area contributed by atoms with E-state index in [1.165, 1.54) is 18.2 Å². The first-order chi connectivity index (χ1) is 13.1. The maximum Gasteiger partial charge on any atom is 0.246 e. The fourth-order valence-electron chi connectivity index (χ4n) is 3.35. The molecule has 1 heterocycles. The molecular weight excluding hydrogens is 379 g/mol. The lowest BCUT2D eigenvalue weighted by Gasteiger charge is -2.24. The molecule has 0 spiro atoms. The van der Waals surface area contributed by atoms with Crippen molar-refractivity contribution in [3.05, 3.63) is 59.9 Å². The molecule has 1 fully saturated rings. The van der Waals surface area contributed by atoms with E-state index < -0.39 is 32.7 Å². The summed E-state index contributed by atoms with van der Waals surface area (Å²) in [6.07, 6.45) is 0.953. The van der Waals surface area contributed by atoms with Gasteiger partial charge in [0.1, 0.15) is 16.8 Å². The highest BCUT2D eigenvalue weighted by molar-refractivity contribution is 7.89. The summed E-state index contributed by atoms with van der Waals surface area (Å²) in [5.74, 6) is -1.22. The SMILES string of the molecule is CC(C)(C)c1ccc(NC(=O)[C@@H]2CCCN2S(=O)(=O)c2ccccc2F)cc1. The summed E-state index contributed by atoms with van der Waals surface area (Å²) in [4.78, 5) is 12.4. The van der Waals surface area contributed by atoms with Gasteiger partial charge in [0, 0.05) is 12.2 Å². The van der Waals surface area contributed by atoms with Crippen LogP contribution in [-0.2, 0) is 20.2 Å². The van der Waals surface area contributed by atoms with E-state index in [1.807, 2.05) is 24.3 Å². The van der Waals surface area contributed by atoms with Crippen LogP contribution in [0, 0.1) is 5.82 Å². The summed E-state index contributed by atoms with van der Waals surface area (Å²) in [7, 11) is -4.08. The van der Waals surface area contributed by atoms with Crippen molar-refractivity contribution in [3.63, 3.8) is 0 Å². The van der Waals surface area contributed by atoms with E-state index in [1.54, 1.807) is 0 Å². The Morgan fingerprint density at radius 1 is 1.11 bits per heavy atom. The molecule has 2 aromatic rings. The van der Waals surface area contributed by atoms with Gasteiger partial charge in [-0.25, -0.2) is 12.8 Å². The summed E-state index contributed by atoms with van der Waals surface area (Å²) < 4.78 is 40.9. The average Bonchev–Trinajstić information content (AvgIpc) is 3.12. The molecule has 0 unspecified atom stereocenters. The number of anilines is 1. The highest BCUT2D eigenvalue weighted by atomic mass is 32.2. The second kappa shape index (κ2) is 7.64. The minimum Gasteiger partial charge on any atom is -0.325 e. The van der Waals surface area contributed by atoms with Crippen LogP contribution in [0.25, 0.3) is 0 Å². The van der Waals surface area contributed by atoms with E-state index in [0.717, 1.165) is 15.9 Å². The van der Waals surface area contributed by atoms with E-state index in [2.05, 4.69) is 26.1 Å². The molecule has 1 aliphatic heterocycles. The predicted molar refractivity (Wildman–Crippen MR) is 107 cm³/mol. The maximum absolute atomic E-state index is 14.0. The smallest absolute Gasteiger partial charge is 0.246 e. The highest BCUT2D eigenvalue weighted by Gasteiger charge is 2.40. The molecule has 2 aromatic carbocycles. The molecule has 3 rings (SSSR count). The lowest BCUT2D eigenvalue weighted by Crippen LogP contribution is -2.43. The topological polar surface area (TPSA) is 66.5 Å². The van der Waals surface area contributed by atoms with Gasteiger partial charge in [0.25, 0.3) is 0 Å². The third-order valence-electron chi connectivity index (χ3n) is 4.95. The Morgan fingerprint density at radius 2 is 1.75 bits per heavy atom. The zero-order valence-corrected chi connectivity index (χ0v) is 17.1. The lowest BCUT2D eigenvalue weighted by molar-refractivity contribution is -0.119. The molecule has 0 aromatic heterocycles. The van der Waals surface area contributed by atoms with Crippen molar-refractivity contribution in [1.29, 1.82) is 0 Å². The molecule has 150 valence electrons. The summed E-state index contributed by atoms with van der Waals surface area (Å²) in [6.45, 7) is 6.50. The normalized spacial score (nSPS) is 18.2. The second-order valence-corrected chi connectivity index (χ2v) is 9.88. The van der Waals surface area contributed by atoms with Gasteiger partial charge >= 0.3 is 0 Å². The largest absolute Gasteiger partial charge is 0.325 e. The van der Waals surface area contributed by atoms with E-state index in [-0.39, 0.29) is 12.0 Å². The molecule has 0 bridgehead atoms. The zero-order valence-electron chi connectivity index (χ0n) is 16.3. The minimum absolute atomic E-state index is 0.00136. The summed E-state index contributed by atoms with van der Waals surface area (Å²) >= 11 is 0. The minimum atomic E-state index is -4.08. The Bertz CT molecular complexity index is 966. The van der Waals surface area contributed by atoms with E-state index >= 15 is 0 Å². The number of hydrogen-bond acceptors (Lipinski definition) is 3. The van der Waals surface area contributed by atoms with Crippen molar-refractivity contribution in [3.8, 4) is 0 Å². The Morgan fingerprint density at radius 3 is 2.36 bits per heavy atom. The van der Waals surface area contributed by atoms with Crippen LogP contribution in [-0.4, -0.2) is 31.2 Å². The monoisotopic (exact) mass is 404 g/mol. The van der Waals surface area contributed by atoms with Crippen LogP contribution in [0.3, 0.4) is 0 Å². The fraction of sp³-hybridized carbons (Fsp3) is 0.381. The molecule has 0 radical (unpaired) electrons. The van der Waals surface area contributed by atoms with Gasteiger partial charge in [0.15, 0.2) is 0 Å². The quantitative estimate of drug-likeness (QED) is 0.840.